The van der Waals surface area contributed by atoms with Gasteiger partial charge >= 0.3 is 7.82 Å². The van der Waals surface area contributed by atoms with Gasteiger partial charge in [-0.2, -0.15) is 0 Å². The van der Waals surface area contributed by atoms with Crippen LogP contribution in [0.4, 0.5) is 5.69 Å². The van der Waals surface area contributed by atoms with Gasteiger partial charge in [0, 0.05) is 47.0 Å². The molecule has 2 aromatic rings. The van der Waals surface area contributed by atoms with Crippen LogP contribution in [-0.4, -0.2) is 93.8 Å². The van der Waals surface area contributed by atoms with Crippen LogP contribution in [0.1, 0.15) is 90.2 Å². The normalized spacial score (nSPS) is 31.5. The summed E-state index contributed by atoms with van der Waals surface area (Å²) in [5.41, 5.74) is 0.822. The minimum atomic E-state index is -5.02. The number of ketones is 2. The van der Waals surface area contributed by atoms with Gasteiger partial charge in [0.05, 0.1) is 18.2 Å². The average Bonchev–Trinajstić information content (AvgIpc) is 3.74. The van der Waals surface area contributed by atoms with Gasteiger partial charge in [-0.1, -0.05) is 75.7 Å². The largest absolute Gasteiger partial charge is 0.470 e. The zero-order valence-electron chi connectivity index (χ0n) is 37.2. The van der Waals surface area contributed by atoms with E-state index in [1.807, 2.05) is 55.5 Å². The number of rotatable bonds is 16. The quantitative estimate of drug-likeness (QED) is 0.0926. The molecule has 64 heavy (non-hydrogen) atoms. The number of nitrogens with one attached hydrogen (secondary N) is 4. The number of amides is 3. The Bertz CT molecular complexity index is 2260. The van der Waals surface area contributed by atoms with Crippen LogP contribution in [0.25, 0.3) is 0 Å². The van der Waals surface area contributed by atoms with Gasteiger partial charge in [0.1, 0.15) is 12.6 Å². The maximum absolute atomic E-state index is 14.4. The van der Waals surface area contributed by atoms with Crippen LogP contribution in [0, 0.1) is 34.5 Å². The molecule has 3 amide bonds. The van der Waals surface area contributed by atoms with Crippen LogP contribution < -0.4 is 21.3 Å². The summed E-state index contributed by atoms with van der Waals surface area (Å²) < 4.78 is 30.0. The molecule has 2 aromatic carbocycles. The van der Waals surface area contributed by atoms with Crippen LogP contribution >= 0.6 is 7.82 Å². The number of ether oxygens (including phenoxy) is 2. The van der Waals surface area contributed by atoms with Gasteiger partial charge in [-0.3, -0.25) is 28.5 Å². The Morgan fingerprint density at radius 2 is 1.69 bits per heavy atom. The highest BCUT2D eigenvalue weighted by Crippen LogP contribution is 2.70. The lowest BCUT2D eigenvalue weighted by molar-refractivity contribution is -0.200. The fourth-order valence-electron chi connectivity index (χ4n) is 11.2. The first-order valence-corrected chi connectivity index (χ1v) is 23.7. The van der Waals surface area contributed by atoms with Crippen LogP contribution in [0.15, 0.2) is 72.3 Å². The summed E-state index contributed by atoms with van der Waals surface area (Å²) in [6, 6.07) is 13.5. The second kappa shape index (κ2) is 18.5. The Hall–Kier alpha value is -4.38. The highest BCUT2D eigenvalue weighted by atomic mass is 31.2. The predicted octanol–water partition coefficient (Wildman–Crippen LogP) is 4.19. The Kier molecular flexibility index (Phi) is 13.7. The number of fused-ring (bicyclic) bond motifs is 7. The van der Waals surface area contributed by atoms with Gasteiger partial charge < -0.3 is 45.6 Å². The number of allylic oxidation sites excluding steroid dienone is 4. The van der Waals surface area contributed by atoms with Gasteiger partial charge in [0.15, 0.2) is 23.5 Å². The molecule has 346 valence electrons. The van der Waals surface area contributed by atoms with E-state index in [1.165, 1.54) is 0 Å². The molecule has 7 rings (SSSR count). The monoisotopic (exact) mass is 904 g/mol. The molecule has 5 aliphatic rings. The Labute approximate surface area is 373 Å². The Morgan fingerprint density at radius 1 is 0.953 bits per heavy atom. The second-order valence-electron chi connectivity index (χ2n) is 18.9. The van der Waals surface area contributed by atoms with Crippen LogP contribution in [0.5, 0.6) is 0 Å². The minimum Gasteiger partial charge on any atom is -0.393 e. The standard InChI is InChI=1S/C47H61N4O12P/c1-26(2)41(55)49-19-18-48-27(3)42(56)50-28(4)43(57)51-33-9-7-8-30(21-33)20-29-10-12-31(13-11-29)44-62-39-23-36-35-15-14-32-22-34(52)16-17-45(32,5)40(35)37(53)24-46(36,6)47(39,63-44)38(54)25-61-64(58,59)60/h7-13,16-17,21-22,26-28,35-37,39-40,44,48,53H,14-15,18-20,23-25H2,1-6H3,(H,49,55)(H,50,56)(H,51,57)(H2,58,59,60)/t27-,28-,35-,36-,37-,39+,40+,44+,45-,46-,47+/m0/s1. The number of benzene rings is 2. The molecule has 0 radical (unpaired) electrons. The van der Waals surface area contributed by atoms with Gasteiger partial charge in [-0.05, 0) is 93.2 Å². The van der Waals surface area contributed by atoms with E-state index in [1.54, 1.807) is 45.9 Å². The summed E-state index contributed by atoms with van der Waals surface area (Å²) in [5.74, 6) is -2.08. The number of hydrogen-bond acceptors (Lipinski definition) is 11. The predicted molar refractivity (Wildman–Crippen MR) is 235 cm³/mol. The number of phosphoric ester groups is 1. The lowest BCUT2D eigenvalue weighted by Crippen LogP contribution is -2.63. The number of anilines is 1. The maximum atomic E-state index is 14.4. The van der Waals surface area contributed by atoms with Crippen molar-refractivity contribution in [3.05, 3.63) is 89.0 Å². The third kappa shape index (κ3) is 9.34. The molecule has 17 heteroatoms. The molecule has 4 fully saturated rings. The number of aliphatic hydroxyl groups excluding tert-OH is 1. The third-order valence-electron chi connectivity index (χ3n) is 14.4. The van der Waals surface area contributed by atoms with Crippen molar-refractivity contribution in [2.45, 2.75) is 110 Å². The zero-order valence-corrected chi connectivity index (χ0v) is 38.1. The van der Waals surface area contributed by atoms with Crippen molar-refractivity contribution in [2.24, 2.45) is 34.5 Å². The average molecular weight is 905 g/mol. The second-order valence-corrected chi connectivity index (χ2v) is 20.1. The summed E-state index contributed by atoms with van der Waals surface area (Å²) in [5, 5.41) is 23.4. The van der Waals surface area contributed by atoms with Gasteiger partial charge in [0.25, 0.3) is 0 Å². The fourth-order valence-corrected chi connectivity index (χ4v) is 11.5. The molecule has 16 nitrogen and oxygen atoms in total. The van der Waals surface area contributed by atoms with Crippen LogP contribution in [0.3, 0.4) is 0 Å². The van der Waals surface area contributed by atoms with Crippen molar-refractivity contribution in [3.8, 4) is 0 Å². The van der Waals surface area contributed by atoms with E-state index in [4.69, 9.17) is 14.0 Å². The van der Waals surface area contributed by atoms with Crippen LogP contribution in [0.2, 0.25) is 0 Å². The topological polar surface area (TPSA) is 239 Å². The summed E-state index contributed by atoms with van der Waals surface area (Å²) in [7, 11) is -5.02. The molecule has 0 spiro atoms. The molecular weight excluding hydrogens is 844 g/mol. The summed E-state index contributed by atoms with van der Waals surface area (Å²) in [4.78, 5) is 83.4. The molecule has 0 unspecified atom stereocenters. The summed E-state index contributed by atoms with van der Waals surface area (Å²) in [6.45, 7) is 10.7. The molecule has 7 N–H and O–H groups in total. The lowest BCUT2D eigenvalue weighted by Gasteiger charge is -2.59. The number of carbonyl (C=O) groups excluding carboxylic acids is 5. The number of Topliss-reactive ketones (excluding diaryl/α,β-unsaturated/α-hetero) is 1. The van der Waals surface area contributed by atoms with Crippen molar-refractivity contribution in [1.82, 2.24) is 16.0 Å². The first kappa shape index (κ1) is 47.6. The molecule has 1 aliphatic heterocycles. The van der Waals surface area contributed by atoms with Crippen molar-refractivity contribution in [2.75, 3.05) is 25.0 Å². The minimum absolute atomic E-state index is 0.0492. The van der Waals surface area contributed by atoms with E-state index in [-0.39, 0.29) is 47.7 Å². The first-order chi connectivity index (χ1) is 30.1. The summed E-state index contributed by atoms with van der Waals surface area (Å²) >= 11 is 0. The number of hydrogen-bond donors (Lipinski definition) is 7. The zero-order chi connectivity index (χ0) is 46.4. The molecule has 0 bridgehead atoms. The number of phosphoric acid groups is 1. The molecule has 1 saturated heterocycles. The maximum Gasteiger partial charge on any atom is 0.470 e. The highest BCUT2D eigenvalue weighted by molar-refractivity contribution is 7.46. The summed E-state index contributed by atoms with van der Waals surface area (Å²) in [6.07, 6.45) is 4.95. The smallest absolute Gasteiger partial charge is 0.393 e. The Morgan fingerprint density at radius 3 is 2.39 bits per heavy atom. The van der Waals surface area contributed by atoms with Gasteiger partial charge in [-0.15, -0.1) is 0 Å². The highest BCUT2D eigenvalue weighted by Gasteiger charge is 2.76. The van der Waals surface area contributed by atoms with Crippen LogP contribution in [-0.2, 0) is 49.0 Å². The lowest BCUT2D eigenvalue weighted by atomic mass is 9.46. The molecule has 4 aliphatic carbocycles. The van der Waals surface area contributed by atoms with E-state index in [2.05, 4.69) is 28.2 Å². The van der Waals surface area contributed by atoms with Gasteiger partial charge in [0.2, 0.25) is 17.7 Å². The van der Waals surface area contributed by atoms with E-state index in [0.29, 0.717) is 50.0 Å². The number of carbonyl (C=O) groups is 5. The molecule has 3 saturated carbocycles. The molecular formula is C47H61N4O12P. The third-order valence-corrected chi connectivity index (χ3v) is 14.9. The first-order valence-electron chi connectivity index (χ1n) is 22.1. The number of aliphatic hydroxyl groups is 1. The molecule has 11 atom stereocenters. The molecule has 1 heterocycles. The van der Waals surface area contributed by atoms with Crippen molar-refractivity contribution in [1.29, 1.82) is 0 Å². The Balaban J connectivity index is 1.00. The van der Waals surface area contributed by atoms with E-state index in [9.17, 15) is 43.4 Å². The van der Waals surface area contributed by atoms with Crippen molar-refractivity contribution >= 4 is 42.8 Å². The fraction of sp³-hybridized carbons (Fsp3) is 0.553. The van der Waals surface area contributed by atoms with E-state index < -0.39 is 73.1 Å². The van der Waals surface area contributed by atoms with E-state index in [0.717, 1.165) is 16.7 Å². The van der Waals surface area contributed by atoms with E-state index >= 15 is 0 Å². The molecule has 0 aromatic heterocycles. The van der Waals surface area contributed by atoms with Crippen molar-refractivity contribution in [3.63, 3.8) is 0 Å². The van der Waals surface area contributed by atoms with Crippen molar-refractivity contribution < 1.29 is 57.4 Å². The van der Waals surface area contributed by atoms with Gasteiger partial charge in [-0.25, -0.2) is 4.57 Å². The SMILES string of the molecule is CC(C)C(=O)NCCN[C@@H](C)C(=O)N[C@@H](C)C(=O)Nc1cccc(Cc2ccc([C@@H]3O[C@@H]4C[C@H]5[C@@H]6CCC7=CC(=O)C=C[C@]7(C)[C@H]6[C@@H](O)C[C@]5(C)[C@]4(C(=O)COP(=O)(O)O)O3)cc2)c1.